The average molecular weight is 1040 g/mol. The van der Waals surface area contributed by atoms with Gasteiger partial charge in [-0.3, -0.25) is 9.59 Å². The molecule has 2 unspecified atom stereocenters. The van der Waals surface area contributed by atoms with Crippen molar-refractivity contribution in [2.24, 2.45) is 0 Å². The van der Waals surface area contributed by atoms with E-state index in [-0.39, 0.29) is 18.5 Å². The second kappa shape index (κ2) is 63.9. The van der Waals surface area contributed by atoms with E-state index in [9.17, 15) is 19.8 Å². The average Bonchev–Trinajstić information content (AvgIpc) is 3.40. The molecule has 6 nitrogen and oxygen atoms in total. The molecular weight excluding hydrogens is 911 g/mol. The molecule has 6 heteroatoms. The summed E-state index contributed by atoms with van der Waals surface area (Å²) in [6.45, 7) is 4.89. The van der Waals surface area contributed by atoms with Gasteiger partial charge in [0, 0.05) is 12.8 Å². The maximum atomic E-state index is 12.5. The van der Waals surface area contributed by atoms with E-state index in [0.29, 0.717) is 19.4 Å². The normalized spacial score (nSPS) is 12.6. The van der Waals surface area contributed by atoms with Crippen LogP contribution in [0.25, 0.3) is 0 Å². The van der Waals surface area contributed by atoms with Crippen molar-refractivity contribution in [1.29, 1.82) is 0 Å². The number of allylic oxidation sites excluding steroid dienone is 3. The van der Waals surface area contributed by atoms with Gasteiger partial charge in [-0.15, -0.1) is 0 Å². The minimum Gasteiger partial charge on any atom is -0.466 e. The van der Waals surface area contributed by atoms with Crippen molar-refractivity contribution in [3.8, 4) is 0 Å². The molecule has 0 aromatic rings. The number of carbonyl (C=O) groups excluding carboxylic acids is 2. The fourth-order valence-corrected chi connectivity index (χ4v) is 10.6. The molecule has 0 heterocycles. The van der Waals surface area contributed by atoms with Crippen molar-refractivity contribution >= 4 is 11.9 Å². The fourth-order valence-electron chi connectivity index (χ4n) is 10.6. The molecule has 0 spiro atoms. The first-order valence-corrected chi connectivity index (χ1v) is 33.6. The zero-order chi connectivity index (χ0) is 53.6. The van der Waals surface area contributed by atoms with Crippen LogP contribution in [-0.2, 0) is 14.3 Å². The van der Waals surface area contributed by atoms with E-state index in [1.807, 2.05) is 6.08 Å². The molecule has 0 saturated heterocycles. The van der Waals surface area contributed by atoms with Crippen molar-refractivity contribution in [3.05, 3.63) is 24.3 Å². The van der Waals surface area contributed by atoms with Gasteiger partial charge in [-0.1, -0.05) is 334 Å². The van der Waals surface area contributed by atoms with Crippen LogP contribution in [0, 0.1) is 0 Å². The highest BCUT2D eigenvalue weighted by molar-refractivity contribution is 5.76. The number of esters is 1. The Hall–Kier alpha value is -1.66. The van der Waals surface area contributed by atoms with E-state index < -0.39 is 12.1 Å². The highest BCUT2D eigenvalue weighted by atomic mass is 16.5. The van der Waals surface area contributed by atoms with E-state index >= 15 is 0 Å². The predicted octanol–water partition coefficient (Wildman–Crippen LogP) is 21.4. The van der Waals surface area contributed by atoms with Gasteiger partial charge in [0.2, 0.25) is 5.91 Å². The Morgan fingerprint density at radius 1 is 0.365 bits per heavy atom. The van der Waals surface area contributed by atoms with Crippen LogP contribution in [0.3, 0.4) is 0 Å². The van der Waals surface area contributed by atoms with Gasteiger partial charge in [0.05, 0.1) is 25.4 Å². The molecule has 1 amide bonds. The topological polar surface area (TPSA) is 95.9 Å². The second-order valence-electron chi connectivity index (χ2n) is 23.2. The number of hydrogen-bond acceptors (Lipinski definition) is 5. The van der Waals surface area contributed by atoms with Crippen LogP contribution in [0.4, 0.5) is 0 Å². The third-order valence-electron chi connectivity index (χ3n) is 15.7. The summed E-state index contributed by atoms with van der Waals surface area (Å²) in [6, 6.07) is -0.630. The number of nitrogens with one attached hydrogen (secondary N) is 1. The van der Waals surface area contributed by atoms with Crippen molar-refractivity contribution < 1.29 is 24.5 Å². The molecule has 0 saturated carbocycles. The first-order chi connectivity index (χ1) is 36.5. The largest absolute Gasteiger partial charge is 0.466 e. The lowest BCUT2D eigenvalue weighted by atomic mass is 10.0. The molecule has 0 bridgehead atoms. The number of amides is 1. The van der Waals surface area contributed by atoms with Gasteiger partial charge in [0.15, 0.2) is 0 Å². The molecule has 0 radical (unpaired) electrons. The summed E-state index contributed by atoms with van der Waals surface area (Å²) >= 11 is 0. The smallest absolute Gasteiger partial charge is 0.305 e. The molecule has 3 N–H and O–H groups in total. The van der Waals surface area contributed by atoms with Crippen LogP contribution < -0.4 is 5.32 Å². The lowest BCUT2D eigenvalue weighted by Crippen LogP contribution is -2.45. The summed E-state index contributed by atoms with van der Waals surface area (Å²) in [5.41, 5.74) is 0. The van der Waals surface area contributed by atoms with Gasteiger partial charge >= 0.3 is 5.97 Å². The summed E-state index contributed by atoms with van der Waals surface area (Å²) in [4.78, 5) is 24.5. The molecular formula is C68H131NO5. The molecule has 0 rings (SSSR count). The van der Waals surface area contributed by atoms with Crippen LogP contribution in [0.2, 0.25) is 0 Å². The van der Waals surface area contributed by atoms with E-state index in [4.69, 9.17) is 4.74 Å². The quantitative estimate of drug-likeness (QED) is 0.0320. The number of ether oxygens (including phenoxy) is 1. The Balaban J connectivity index is 3.42. The van der Waals surface area contributed by atoms with Gasteiger partial charge < -0.3 is 20.3 Å². The molecule has 2 atom stereocenters. The second-order valence-corrected chi connectivity index (χ2v) is 23.2. The van der Waals surface area contributed by atoms with Crippen molar-refractivity contribution in [2.75, 3.05) is 13.2 Å². The van der Waals surface area contributed by atoms with Crippen molar-refractivity contribution in [3.63, 3.8) is 0 Å². The summed E-state index contributed by atoms with van der Waals surface area (Å²) in [7, 11) is 0. The first kappa shape index (κ1) is 72.3. The number of hydrogen-bond donors (Lipinski definition) is 3. The monoisotopic (exact) mass is 1040 g/mol. The molecule has 438 valence electrons. The molecule has 0 aliphatic carbocycles. The van der Waals surface area contributed by atoms with Crippen molar-refractivity contribution in [1.82, 2.24) is 5.32 Å². The van der Waals surface area contributed by atoms with Gasteiger partial charge in [-0.25, -0.2) is 0 Å². The third-order valence-corrected chi connectivity index (χ3v) is 15.7. The highest BCUT2D eigenvalue weighted by Gasteiger charge is 2.18. The SMILES string of the molecule is CCCC/C=C\CCCCCCCC(=O)OCCCCCCCCCCCCCCCCCCCCCCCC(=O)NC(CO)C(O)/C=C/CCCCCCCCCCCCCCCCCCCCCCCCC. The number of aliphatic hydroxyl groups excluding tert-OH is 2. The van der Waals surface area contributed by atoms with E-state index in [0.717, 1.165) is 44.9 Å². The lowest BCUT2D eigenvalue weighted by Gasteiger charge is -2.20. The minimum atomic E-state index is -0.846. The molecule has 0 fully saturated rings. The molecule has 74 heavy (non-hydrogen) atoms. The Morgan fingerprint density at radius 2 is 0.649 bits per heavy atom. The van der Waals surface area contributed by atoms with Crippen LogP contribution in [0.5, 0.6) is 0 Å². The molecule has 0 aliphatic heterocycles. The zero-order valence-corrected chi connectivity index (χ0v) is 50.1. The summed E-state index contributed by atoms with van der Waals surface area (Å²) in [6.07, 6.45) is 79.5. The van der Waals surface area contributed by atoms with E-state index in [1.165, 1.54) is 302 Å². The third kappa shape index (κ3) is 59.6. The minimum absolute atomic E-state index is 0.000958. The van der Waals surface area contributed by atoms with Crippen LogP contribution in [0.1, 0.15) is 373 Å². The van der Waals surface area contributed by atoms with Crippen molar-refractivity contribution in [2.45, 2.75) is 386 Å². The van der Waals surface area contributed by atoms with Crippen LogP contribution >= 0.6 is 0 Å². The standard InChI is InChI=1S/C68H131NO5/c1-3-5-7-9-11-13-15-16-17-18-19-20-21-22-23-25-28-31-34-37-41-44-48-52-56-60-66(71)65(64-70)69-67(72)61-57-53-49-45-42-38-35-32-29-26-24-27-30-33-36-39-43-47-51-55-59-63-74-68(73)62-58-54-50-46-40-14-12-10-8-6-4-2/h10,12,56,60,65-66,70-71H,3-9,11,13-55,57-59,61-64H2,1-2H3,(H,69,72)/b12-10-,60-56+. The highest BCUT2D eigenvalue weighted by Crippen LogP contribution is 2.19. The number of unbranched alkanes of at least 4 members (excludes halogenated alkanes) is 50. The van der Waals surface area contributed by atoms with Crippen LogP contribution in [0.15, 0.2) is 24.3 Å². The van der Waals surface area contributed by atoms with Gasteiger partial charge in [0.1, 0.15) is 0 Å². The maximum Gasteiger partial charge on any atom is 0.305 e. The number of aliphatic hydroxyl groups is 2. The Bertz CT molecular complexity index is 1150. The molecule has 0 aliphatic rings. The number of rotatable bonds is 63. The summed E-state index contributed by atoms with van der Waals surface area (Å²) in [5.74, 6) is -0.0639. The molecule has 0 aromatic heterocycles. The number of carbonyl (C=O) groups is 2. The van der Waals surface area contributed by atoms with Gasteiger partial charge in [-0.2, -0.15) is 0 Å². The first-order valence-electron chi connectivity index (χ1n) is 33.6. The van der Waals surface area contributed by atoms with E-state index in [1.54, 1.807) is 6.08 Å². The van der Waals surface area contributed by atoms with Gasteiger partial charge in [-0.05, 0) is 51.4 Å². The summed E-state index contributed by atoms with van der Waals surface area (Å²) < 4.78 is 5.46. The van der Waals surface area contributed by atoms with E-state index in [2.05, 4.69) is 31.3 Å². The maximum absolute atomic E-state index is 12.5. The Labute approximate surface area is 462 Å². The van der Waals surface area contributed by atoms with Crippen LogP contribution in [-0.4, -0.2) is 47.4 Å². The fraction of sp³-hybridized carbons (Fsp3) is 0.912. The summed E-state index contributed by atoms with van der Waals surface area (Å²) in [5, 5.41) is 23.3. The predicted molar refractivity (Wildman–Crippen MR) is 324 cm³/mol. The molecule has 0 aromatic carbocycles. The lowest BCUT2D eigenvalue weighted by molar-refractivity contribution is -0.143. The Kier molecular flexibility index (Phi) is 62.4. The van der Waals surface area contributed by atoms with Gasteiger partial charge in [0.25, 0.3) is 0 Å². The Morgan fingerprint density at radius 3 is 1.00 bits per heavy atom. The zero-order valence-electron chi connectivity index (χ0n) is 50.1.